The van der Waals surface area contributed by atoms with Crippen LogP contribution in [0.1, 0.15) is 73.1 Å². The van der Waals surface area contributed by atoms with E-state index in [-0.39, 0.29) is 48.8 Å². The summed E-state index contributed by atoms with van der Waals surface area (Å²) in [6.07, 6.45) is 8.95. The Balaban J connectivity index is 1.61. The largest absolute Gasteiger partial charge is 0.494 e. The highest BCUT2D eigenvalue weighted by Crippen LogP contribution is 2.66. The van der Waals surface area contributed by atoms with E-state index < -0.39 is 35.1 Å². The lowest BCUT2D eigenvalue weighted by Gasteiger charge is -2.43. The number of rotatable bonds is 13. The molecule has 3 saturated heterocycles. The molecule has 0 aromatic heterocycles. The van der Waals surface area contributed by atoms with E-state index in [9.17, 15) is 19.5 Å². The van der Waals surface area contributed by atoms with Crippen molar-refractivity contribution < 1.29 is 29.0 Å². The van der Waals surface area contributed by atoms with Crippen LogP contribution in [0.25, 0.3) is 0 Å². The highest BCUT2D eigenvalue weighted by molar-refractivity contribution is 6.03. The Hall–Kier alpha value is -3.17. The van der Waals surface area contributed by atoms with Crippen molar-refractivity contribution in [2.75, 3.05) is 31.2 Å². The van der Waals surface area contributed by atoms with Gasteiger partial charge in [-0.2, -0.15) is 0 Å². The number of hydrogen-bond donors (Lipinski definition) is 1. The van der Waals surface area contributed by atoms with E-state index in [4.69, 9.17) is 9.47 Å². The highest BCUT2D eigenvalue weighted by atomic mass is 16.5. The molecule has 1 aliphatic carbocycles. The van der Waals surface area contributed by atoms with Gasteiger partial charge in [0.2, 0.25) is 17.7 Å². The number of aliphatic hydroxyl groups excluding tert-OH is 1. The van der Waals surface area contributed by atoms with Gasteiger partial charge >= 0.3 is 0 Å². The summed E-state index contributed by atoms with van der Waals surface area (Å²) in [5, 5.41) is 10.7. The molecule has 9 nitrogen and oxygen atoms in total. The number of aliphatic hydroxyl groups is 1. The predicted octanol–water partition coefficient (Wildman–Crippen LogP) is 4.98. The highest BCUT2D eigenvalue weighted by Gasteiger charge is 2.80. The van der Waals surface area contributed by atoms with Gasteiger partial charge in [-0.15, -0.1) is 13.2 Å². The molecule has 1 saturated carbocycles. The zero-order valence-electron chi connectivity index (χ0n) is 28.3. The second-order valence-electron chi connectivity index (χ2n) is 14.2. The molecular formula is C37H53N3O6. The molecule has 0 radical (unpaired) electrons. The van der Waals surface area contributed by atoms with Crippen molar-refractivity contribution in [3.05, 3.63) is 49.6 Å². The van der Waals surface area contributed by atoms with Crippen molar-refractivity contribution in [1.82, 2.24) is 9.80 Å². The van der Waals surface area contributed by atoms with Crippen molar-refractivity contribution in [2.24, 2.45) is 23.7 Å². The number of anilines is 1. The molecule has 1 spiro atoms. The molecule has 1 N–H and O–H groups in total. The molecule has 4 fully saturated rings. The molecule has 3 unspecified atom stereocenters. The number of benzene rings is 1. The Morgan fingerprint density at radius 2 is 1.76 bits per heavy atom. The minimum absolute atomic E-state index is 0.0464. The van der Waals surface area contributed by atoms with Gasteiger partial charge in [-0.25, -0.2) is 0 Å². The fourth-order valence-electron chi connectivity index (χ4n) is 8.93. The number of ether oxygens (including phenoxy) is 2. The van der Waals surface area contributed by atoms with Gasteiger partial charge in [-0.05, 0) is 69.2 Å². The van der Waals surface area contributed by atoms with E-state index in [1.165, 1.54) is 0 Å². The van der Waals surface area contributed by atoms with Gasteiger partial charge in [0.05, 0.1) is 36.7 Å². The Bertz CT molecular complexity index is 1310. The van der Waals surface area contributed by atoms with E-state index >= 15 is 0 Å². The Labute approximate surface area is 274 Å². The number of hydrogen-bond acceptors (Lipinski definition) is 6. The molecule has 5 rings (SSSR count). The second-order valence-corrected chi connectivity index (χ2v) is 14.2. The van der Waals surface area contributed by atoms with E-state index in [1.807, 2.05) is 56.9 Å². The van der Waals surface area contributed by atoms with Crippen LogP contribution in [0.3, 0.4) is 0 Å². The topological polar surface area (TPSA) is 99.6 Å². The molecule has 1 aromatic rings. The molecule has 7 atom stereocenters. The normalized spacial score (nSPS) is 31.1. The van der Waals surface area contributed by atoms with Gasteiger partial charge < -0.3 is 29.3 Å². The molecule has 252 valence electrons. The van der Waals surface area contributed by atoms with E-state index in [0.717, 1.165) is 32.1 Å². The summed E-state index contributed by atoms with van der Waals surface area (Å²) >= 11 is 0. The van der Waals surface area contributed by atoms with Gasteiger partial charge in [0.15, 0.2) is 0 Å². The Morgan fingerprint density at radius 3 is 2.33 bits per heavy atom. The van der Waals surface area contributed by atoms with Crippen LogP contribution < -0.4 is 9.64 Å². The SMILES string of the molecule is C=CCN(C(=O)[C@@H]1[C@H]2C(=O)N([C@@H](CO)C(C)C)C(C(=O)N(CC=C)C3CCCCC3)C23CC(C)[C@@]1(C)O3)c1ccc(OCC)cc1. The third-order valence-electron chi connectivity index (χ3n) is 11.2. The molecule has 3 amide bonds. The standard InChI is InChI=1S/C37H53N3O6/c1-8-20-38(27-16-18-28(19-17-27)45-10-3)33(42)30-31-34(43)40(29(23-41)24(4)5)32(37(31)22-25(6)36(30,7)46-37)35(44)39(21-9-2)26-14-12-11-13-15-26/h8-9,16-19,24-26,29-32,41H,1-2,10-15,20-23H2,3-7H3/t25?,29-,30-,31-,32?,36+,37?/m0/s1. The average molecular weight is 636 g/mol. The predicted molar refractivity (Wildman–Crippen MR) is 178 cm³/mol. The monoisotopic (exact) mass is 635 g/mol. The zero-order chi connectivity index (χ0) is 33.4. The van der Waals surface area contributed by atoms with Crippen molar-refractivity contribution in [3.8, 4) is 5.75 Å². The fourth-order valence-corrected chi connectivity index (χ4v) is 8.93. The van der Waals surface area contributed by atoms with Crippen LogP contribution in [0.5, 0.6) is 5.75 Å². The molecule has 2 bridgehead atoms. The van der Waals surface area contributed by atoms with Gasteiger partial charge in [0.1, 0.15) is 17.4 Å². The van der Waals surface area contributed by atoms with E-state index in [1.54, 1.807) is 22.0 Å². The minimum atomic E-state index is -1.20. The third kappa shape index (κ3) is 5.47. The van der Waals surface area contributed by atoms with Crippen molar-refractivity contribution >= 4 is 23.4 Å². The van der Waals surface area contributed by atoms with Crippen LogP contribution in [0.15, 0.2) is 49.6 Å². The first-order valence-corrected chi connectivity index (χ1v) is 17.2. The molecule has 9 heteroatoms. The van der Waals surface area contributed by atoms with E-state index in [2.05, 4.69) is 20.1 Å². The zero-order valence-corrected chi connectivity index (χ0v) is 28.3. The van der Waals surface area contributed by atoms with Crippen molar-refractivity contribution in [3.63, 3.8) is 0 Å². The Kier molecular flexibility index (Phi) is 10.0. The van der Waals surface area contributed by atoms with Crippen LogP contribution in [0.4, 0.5) is 5.69 Å². The maximum Gasteiger partial charge on any atom is 0.248 e. The lowest BCUT2D eigenvalue weighted by molar-refractivity contribution is -0.158. The molecule has 3 heterocycles. The summed E-state index contributed by atoms with van der Waals surface area (Å²) in [6.45, 7) is 18.5. The minimum Gasteiger partial charge on any atom is -0.494 e. The lowest BCUT2D eigenvalue weighted by atomic mass is 9.62. The number of carbonyl (C=O) groups excluding carboxylic acids is 3. The number of nitrogens with zero attached hydrogens (tertiary/aromatic N) is 3. The van der Waals surface area contributed by atoms with Crippen molar-refractivity contribution in [2.45, 2.75) is 102 Å². The van der Waals surface area contributed by atoms with Gasteiger partial charge in [0.25, 0.3) is 0 Å². The summed E-state index contributed by atoms with van der Waals surface area (Å²) in [5.41, 5.74) is -1.49. The second kappa shape index (κ2) is 13.5. The number of likely N-dealkylation sites (tertiary alicyclic amines) is 1. The number of amides is 3. The van der Waals surface area contributed by atoms with Gasteiger partial charge in [0, 0.05) is 24.8 Å². The molecule has 3 aliphatic heterocycles. The first-order chi connectivity index (χ1) is 22.0. The quantitative estimate of drug-likeness (QED) is 0.307. The fraction of sp³-hybridized carbons (Fsp3) is 0.649. The number of carbonyl (C=O) groups is 3. The summed E-state index contributed by atoms with van der Waals surface area (Å²) in [4.78, 5) is 49.9. The maximum absolute atomic E-state index is 15.0. The molecule has 1 aromatic carbocycles. The van der Waals surface area contributed by atoms with Crippen LogP contribution in [0.2, 0.25) is 0 Å². The summed E-state index contributed by atoms with van der Waals surface area (Å²) < 4.78 is 12.7. The first kappa shape index (κ1) is 34.2. The van der Waals surface area contributed by atoms with E-state index in [0.29, 0.717) is 31.0 Å². The average Bonchev–Trinajstić information content (AvgIpc) is 3.56. The summed E-state index contributed by atoms with van der Waals surface area (Å²) in [5.74, 6) is -1.89. The third-order valence-corrected chi connectivity index (χ3v) is 11.2. The molecule has 4 aliphatic rings. The Morgan fingerprint density at radius 1 is 1.11 bits per heavy atom. The van der Waals surface area contributed by atoms with Crippen LogP contribution >= 0.6 is 0 Å². The number of fused-ring (bicyclic) bond motifs is 1. The summed E-state index contributed by atoms with van der Waals surface area (Å²) in [6, 6.07) is 5.84. The maximum atomic E-state index is 15.0. The molecule has 46 heavy (non-hydrogen) atoms. The smallest absolute Gasteiger partial charge is 0.248 e. The van der Waals surface area contributed by atoms with Crippen LogP contribution in [-0.4, -0.2) is 88.3 Å². The van der Waals surface area contributed by atoms with Gasteiger partial charge in [-0.1, -0.05) is 52.2 Å². The lowest BCUT2D eigenvalue weighted by Crippen LogP contribution is -2.61. The van der Waals surface area contributed by atoms with Crippen LogP contribution in [0, 0.1) is 23.7 Å². The molecular weight excluding hydrogens is 582 g/mol. The first-order valence-electron chi connectivity index (χ1n) is 17.2. The van der Waals surface area contributed by atoms with Crippen molar-refractivity contribution in [1.29, 1.82) is 0 Å². The van der Waals surface area contributed by atoms with Crippen LogP contribution in [-0.2, 0) is 19.1 Å². The van der Waals surface area contributed by atoms with Gasteiger partial charge in [-0.3, -0.25) is 14.4 Å². The summed E-state index contributed by atoms with van der Waals surface area (Å²) in [7, 11) is 0.